The van der Waals surface area contributed by atoms with E-state index in [0.717, 1.165) is 18.3 Å². The van der Waals surface area contributed by atoms with Gasteiger partial charge in [-0.25, -0.2) is 9.97 Å². The summed E-state index contributed by atoms with van der Waals surface area (Å²) in [5.74, 6) is 2.91. The van der Waals surface area contributed by atoms with Crippen molar-refractivity contribution < 1.29 is 0 Å². The molecule has 2 saturated heterocycles. The van der Waals surface area contributed by atoms with Gasteiger partial charge in [-0.1, -0.05) is 0 Å². The first kappa shape index (κ1) is 10.7. The van der Waals surface area contributed by atoms with Gasteiger partial charge in [0, 0.05) is 37.4 Å². The highest BCUT2D eigenvalue weighted by atomic mass is 15.2. The Morgan fingerprint density at radius 1 is 1.06 bits per heavy atom. The molecule has 0 amide bonds. The van der Waals surface area contributed by atoms with E-state index in [4.69, 9.17) is 0 Å². The summed E-state index contributed by atoms with van der Waals surface area (Å²) in [6, 6.07) is 0. The smallest absolute Gasteiger partial charge is 0.135 e. The summed E-state index contributed by atoms with van der Waals surface area (Å²) < 4.78 is 0. The van der Waals surface area contributed by atoms with Crippen LogP contribution in [-0.2, 0) is 12.8 Å². The average Bonchev–Trinajstić information content (AvgIpc) is 2.99. The van der Waals surface area contributed by atoms with Crippen LogP contribution in [-0.4, -0.2) is 36.1 Å². The van der Waals surface area contributed by atoms with E-state index in [0.29, 0.717) is 0 Å². The first-order valence-electron chi connectivity index (χ1n) is 7.20. The third kappa shape index (κ3) is 1.62. The lowest BCUT2D eigenvalue weighted by Crippen LogP contribution is -2.28. The lowest BCUT2D eigenvalue weighted by Gasteiger charge is -2.24. The molecule has 2 unspecified atom stereocenters. The monoisotopic (exact) mass is 244 g/mol. The van der Waals surface area contributed by atoms with Crippen LogP contribution in [0.1, 0.15) is 24.1 Å². The van der Waals surface area contributed by atoms with Crippen molar-refractivity contribution >= 4 is 5.82 Å². The Morgan fingerprint density at radius 3 is 2.67 bits per heavy atom. The summed E-state index contributed by atoms with van der Waals surface area (Å²) in [6.07, 6.45) is 6.68. The largest absolute Gasteiger partial charge is 0.356 e. The number of rotatable bonds is 1. The van der Waals surface area contributed by atoms with Crippen LogP contribution in [0.4, 0.5) is 5.82 Å². The summed E-state index contributed by atoms with van der Waals surface area (Å²) in [4.78, 5) is 11.6. The third-order valence-electron chi connectivity index (χ3n) is 4.79. The molecule has 0 bridgehead atoms. The summed E-state index contributed by atoms with van der Waals surface area (Å²) >= 11 is 0. The molecule has 4 rings (SSSR count). The fraction of sp³-hybridized carbons (Fsp3) is 0.714. The van der Waals surface area contributed by atoms with Gasteiger partial charge in [0.1, 0.15) is 12.1 Å². The Bertz CT molecular complexity index is 447. The predicted octanol–water partition coefficient (Wildman–Crippen LogP) is 1.01. The average molecular weight is 244 g/mol. The summed E-state index contributed by atoms with van der Waals surface area (Å²) in [6.45, 7) is 4.74. The maximum Gasteiger partial charge on any atom is 0.135 e. The second kappa shape index (κ2) is 4.19. The van der Waals surface area contributed by atoms with Crippen LogP contribution in [0.2, 0.25) is 0 Å². The second-order valence-electron chi connectivity index (χ2n) is 5.91. The van der Waals surface area contributed by atoms with Crippen LogP contribution in [0.5, 0.6) is 0 Å². The number of hydrogen-bond donors (Lipinski definition) is 1. The fourth-order valence-electron chi connectivity index (χ4n) is 3.80. The molecule has 3 aliphatic rings. The van der Waals surface area contributed by atoms with Crippen molar-refractivity contribution in [3.8, 4) is 0 Å². The first-order valence-corrected chi connectivity index (χ1v) is 7.20. The molecule has 0 radical (unpaired) electrons. The van der Waals surface area contributed by atoms with Crippen molar-refractivity contribution in [3.05, 3.63) is 17.6 Å². The lowest BCUT2D eigenvalue weighted by atomic mass is 9.96. The minimum atomic E-state index is 0.833. The van der Waals surface area contributed by atoms with Gasteiger partial charge in [0.25, 0.3) is 0 Å². The number of nitrogens with zero attached hydrogens (tertiary/aromatic N) is 3. The number of fused-ring (bicyclic) bond motifs is 2. The highest BCUT2D eigenvalue weighted by Gasteiger charge is 2.37. The Hall–Kier alpha value is -1.16. The number of aryl methyl sites for hydroxylation is 1. The van der Waals surface area contributed by atoms with Gasteiger partial charge in [0.05, 0.1) is 0 Å². The van der Waals surface area contributed by atoms with Gasteiger partial charge >= 0.3 is 0 Å². The molecule has 2 fully saturated rings. The van der Waals surface area contributed by atoms with Crippen molar-refractivity contribution in [1.82, 2.24) is 15.3 Å². The van der Waals surface area contributed by atoms with Crippen LogP contribution < -0.4 is 10.2 Å². The van der Waals surface area contributed by atoms with Crippen LogP contribution >= 0.6 is 0 Å². The zero-order valence-corrected chi connectivity index (χ0v) is 10.7. The van der Waals surface area contributed by atoms with E-state index in [2.05, 4.69) is 20.2 Å². The van der Waals surface area contributed by atoms with Crippen molar-refractivity contribution in [2.24, 2.45) is 11.8 Å². The fourth-order valence-corrected chi connectivity index (χ4v) is 3.80. The molecule has 0 spiro atoms. The maximum absolute atomic E-state index is 4.60. The van der Waals surface area contributed by atoms with Crippen molar-refractivity contribution in [1.29, 1.82) is 0 Å². The molecule has 4 nitrogen and oxygen atoms in total. The lowest BCUT2D eigenvalue weighted by molar-refractivity contribution is 0.533. The number of anilines is 1. The molecule has 2 aliphatic heterocycles. The predicted molar refractivity (Wildman–Crippen MR) is 70.7 cm³/mol. The molecule has 3 heterocycles. The van der Waals surface area contributed by atoms with Crippen LogP contribution in [0.3, 0.4) is 0 Å². The number of aromatic nitrogens is 2. The normalized spacial score (nSPS) is 30.3. The molecular formula is C14H20N4. The highest BCUT2D eigenvalue weighted by Crippen LogP contribution is 2.33. The standard InChI is InChI=1S/C14H20N4/c1-2-4-13-12(3-1)14(17-9-16-13)18-7-10-5-15-6-11(10)8-18/h9-11,15H,1-8H2. The van der Waals surface area contributed by atoms with Crippen molar-refractivity contribution in [2.45, 2.75) is 25.7 Å². The Balaban J connectivity index is 1.65. The quantitative estimate of drug-likeness (QED) is 0.800. The van der Waals surface area contributed by atoms with Crippen molar-refractivity contribution in [2.75, 3.05) is 31.1 Å². The molecule has 96 valence electrons. The van der Waals surface area contributed by atoms with E-state index < -0.39 is 0 Å². The van der Waals surface area contributed by atoms with Gasteiger partial charge < -0.3 is 10.2 Å². The number of hydrogen-bond acceptors (Lipinski definition) is 4. The molecule has 0 saturated carbocycles. The zero-order valence-electron chi connectivity index (χ0n) is 10.7. The van der Waals surface area contributed by atoms with Crippen LogP contribution in [0.15, 0.2) is 6.33 Å². The maximum atomic E-state index is 4.60. The van der Waals surface area contributed by atoms with Crippen LogP contribution in [0, 0.1) is 11.8 Å². The molecule has 1 aliphatic carbocycles. The summed E-state index contributed by atoms with van der Waals surface area (Å²) in [5.41, 5.74) is 2.75. The number of nitrogens with one attached hydrogen (secondary N) is 1. The van der Waals surface area contributed by atoms with Gasteiger partial charge in [-0.3, -0.25) is 0 Å². The second-order valence-corrected chi connectivity index (χ2v) is 5.91. The third-order valence-corrected chi connectivity index (χ3v) is 4.79. The van der Waals surface area contributed by atoms with Gasteiger partial charge in [-0.05, 0) is 37.5 Å². The Labute approximate surface area is 108 Å². The summed E-state index contributed by atoms with van der Waals surface area (Å²) in [7, 11) is 0. The SMILES string of the molecule is c1nc2c(c(N3CC4CNCC4C3)n1)CCCC2. The zero-order chi connectivity index (χ0) is 11.9. The molecule has 1 N–H and O–H groups in total. The van der Waals surface area contributed by atoms with E-state index in [9.17, 15) is 0 Å². The highest BCUT2D eigenvalue weighted by molar-refractivity contribution is 5.50. The van der Waals surface area contributed by atoms with Gasteiger partial charge in [-0.15, -0.1) is 0 Å². The topological polar surface area (TPSA) is 41.1 Å². The van der Waals surface area contributed by atoms with Crippen molar-refractivity contribution in [3.63, 3.8) is 0 Å². The van der Waals surface area contributed by atoms with Gasteiger partial charge in [0.15, 0.2) is 0 Å². The first-order chi connectivity index (χ1) is 8.92. The Kier molecular flexibility index (Phi) is 2.50. The molecular weight excluding hydrogens is 224 g/mol. The van der Waals surface area contributed by atoms with Crippen LogP contribution in [0.25, 0.3) is 0 Å². The Morgan fingerprint density at radius 2 is 1.83 bits per heavy atom. The van der Waals surface area contributed by atoms with E-state index in [1.807, 2.05) is 0 Å². The molecule has 1 aromatic heterocycles. The van der Waals surface area contributed by atoms with E-state index >= 15 is 0 Å². The molecule has 0 aromatic carbocycles. The minimum absolute atomic E-state index is 0.833. The van der Waals surface area contributed by atoms with E-state index in [1.165, 1.54) is 62.5 Å². The van der Waals surface area contributed by atoms with E-state index in [1.54, 1.807) is 6.33 Å². The summed E-state index contributed by atoms with van der Waals surface area (Å²) in [5, 5.41) is 3.50. The van der Waals surface area contributed by atoms with Gasteiger partial charge in [0.2, 0.25) is 0 Å². The van der Waals surface area contributed by atoms with E-state index in [-0.39, 0.29) is 0 Å². The molecule has 4 heteroatoms. The molecule has 2 atom stereocenters. The van der Waals surface area contributed by atoms with Gasteiger partial charge in [-0.2, -0.15) is 0 Å². The molecule has 18 heavy (non-hydrogen) atoms. The minimum Gasteiger partial charge on any atom is -0.356 e. The molecule has 1 aromatic rings.